The van der Waals surface area contributed by atoms with Crippen LogP contribution in [0.5, 0.6) is 0 Å². The van der Waals surface area contributed by atoms with Gasteiger partial charge in [-0.1, -0.05) is 25.8 Å². The van der Waals surface area contributed by atoms with Crippen molar-refractivity contribution in [3.8, 4) is 0 Å². The van der Waals surface area contributed by atoms with E-state index < -0.39 is 6.10 Å². The van der Waals surface area contributed by atoms with E-state index in [-0.39, 0.29) is 31.2 Å². The second kappa shape index (κ2) is 9.00. The lowest BCUT2D eigenvalue weighted by Gasteiger charge is -2.41. The molecule has 1 saturated carbocycles. The molecule has 3 heterocycles. The summed E-state index contributed by atoms with van der Waals surface area (Å²) in [4.78, 5) is 23.7. The monoisotopic (exact) mass is 399 g/mol. The SMILES string of the molecule is CCCCCc1nc([C@H]2OCC(=O)N(C3CC3)[C@@H]2c2cccnc2)n(CCO)n1. The number of unbranched alkanes of at least 4 members (excludes halogenated alkanes) is 2. The fourth-order valence-corrected chi connectivity index (χ4v) is 4.02. The molecule has 2 aromatic heterocycles. The molecule has 2 fully saturated rings. The minimum atomic E-state index is -0.434. The molecule has 156 valence electrons. The Labute approximate surface area is 170 Å². The topological polar surface area (TPSA) is 93.4 Å². The van der Waals surface area contributed by atoms with Crippen molar-refractivity contribution < 1.29 is 14.6 Å². The Bertz CT molecular complexity index is 821. The Morgan fingerprint density at radius 1 is 1.31 bits per heavy atom. The third kappa shape index (κ3) is 4.33. The Morgan fingerprint density at radius 2 is 2.17 bits per heavy atom. The molecule has 1 saturated heterocycles. The summed E-state index contributed by atoms with van der Waals surface area (Å²) in [5.74, 6) is 1.46. The van der Waals surface area contributed by atoms with Gasteiger partial charge in [0, 0.05) is 24.9 Å². The summed E-state index contributed by atoms with van der Waals surface area (Å²) in [5, 5.41) is 14.2. The third-order valence-electron chi connectivity index (χ3n) is 5.54. The summed E-state index contributed by atoms with van der Waals surface area (Å²) in [6.07, 6.45) is 9.22. The van der Waals surface area contributed by atoms with Crippen LogP contribution < -0.4 is 0 Å². The minimum absolute atomic E-state index is 0.00833. The molecule has 1 aliphatic heterocycles. The van der Waals surface area contributed by atoms with E-state index in [1.807, 2.05) is 17.0 Å². The van der Waals surface area contributed by atoms with Gasteiger partial charge in [0.2, 0.25) is 5.91 Å². The maximum atomic E-state index is 12.7. The van der Waals surface area contributed by atoms with Crippen molar-refractivity contribution in [1.29, 1.82) is 0 Å². The van der Waals surface area contributed by atoms with Crippen LogP contribution in [0.1, 0.15) is 68.4 Å². The van der Waals surface area contributed by atoms with Crippen molar-refractivity contribution >= 4 is 5.91 Å². The lowest BCUT2D eigenvalue weighted by atomic mass is 9.98. The van der Waals surface area contributed by atoms with Crippen molar-refractivity contribution in [2.24, 2.45) is 0 Å². The standard InChI is InChI=1S/C21H29N5O3/c1-2-3-4-7-17-23-21(25(24-17)11-12-27)20-19(15-6-5-10-22-13-15)26(16-8-9-16)18(28)14-29-20/h5-6,10,13,16,19-20,27H,2-4,7-9,11-12,14H2,1H3/t19-,20+/m1/s1. The molecule has 0 radical (unpaired) electrons. The predicted molar refractivity (Wildman–Crippen MR) is 106 cm³/mol. The molecule has 29 heavy (non-hydrogen) atoms. The summed E-state index contributed by atoms with van der Waals surface area (Å²) in [7, 11) is 0. The maximum absolute atomic E-state index is 12.7. The molecule has 0 unspecified atom stereocenters. The number of ether oxygens (including phenoxy) is 1. The van der Waals surface area contributed by atoms with E-state index in [1.165, 1.54) is 0 Å². The zero-order valence-electron chi connectivity index (χ0n) is 16.9. The van der Waals surface area contributed by atoms with Crippen LogP contribution in [0.3, 0.4) is 0 Å². The highest BCUT2D eigenvalue weighted by atomic mass is 16.5. The second-order valence-electron chi connectivity index (χ2n) is 7.79. The van der Waals surface area contributed by atoms with Gasteiger partial charge >= 0.3 is 0 Å². The van der Waals surface area contributed by atoms with Crippen LogP contribution in [-0.4, -0.2) is 54.9 Å². The summed E-state index contributed by atoms with van der Waals surface area (Å²) < 4.78 is 7.80. The molecule has 0 spiro atoms. The summed E-state index contributed by atoms with van der Waals surface area (Å²) in [6.45, 7) is 2.53. The van der Waals surface area contributed by atoms with Gasteiger partial charge in [-0.2, -0.15) is 5.10 Å². The summed E-state index contributed by atoms with van der Waals surface area (Å²) in [6, 6.07) is 3.82. The molecule has 2 atom stereocenters. The van der Waals surface area contributed by atoms with Crippen molar-refractivity contribution in [3.05, 3.63) is 41.7 Å². The van der Waals surface area contributed by atoms with Gasteiger partial charge < -0.3 is 14.7 Å². The first kappa shape index (κ1) is 20.0. The van der Waals surface area contributed by atoms with Crippen molar-refractivity contribution in [2.75, 3.05) is 13.2 Å². The van der Waals surface area contributed by atoms with Crippen LogP contribution in [0.25, 0.3) is 0 Å². The molecule has 8 heteroatoms. The fourth-order valence-electron chi connectivity index (χ4n) is 4.02. The van der Waals surface area contributed by atoms with Crippen LogP contribution in [0, 0.1) is 0 Å². The van der Waals surface area contributed by atoms with E-state index in [1.54, 1.807) is 17.1 Å². The summed E-state index contributed by atoms with van der Waals surface area (Å²) in [5.41, 5.74) is 0.934. The number of nitrogens with zero attached hydrogens (tertiary/aromatic N) is 5. The number of amides is 1. The lowest BCUT2D eigenvalue weighted by Crippen LogP contribution is -2.47. The molecule has 4 rings (SSSR count). The van der Waals surface area contributed by atoms with Crippen molar-refractivity contribution in [1.82, 2.24) is 24.6 Å². The molecular formula is C21H29N5O3. The number of aliphatic hydroxyl groups excluding tert-OH is 1. The van der Waals surface area contributed by atoms with E-state index in [9.17, 15) is 9.90 Å². The number of aromatic nitrogens is 4. The van der Waals surface area contributed by atoms with Crippen molar-refractivity contribution in [2.45, 2.75) is 70.2 Å². The van der Waals surface area contributed by atoms with Crippen molar-refractivity contribution in [3.63, 3.8) is 0 Å². The molecule has 1 aliphatic carbocycles. The highest BCUT2D eigenvalue weighted by molar-refractivity contribution is 5.79. The number of hydrogen-bond acceptors (Lipinski definition) is 6. The van der Waals surface area contributed by atoms with Crippen LogP contribution in [0.15, 0.2) is 24.5 Å². The molecule has 2 aliphatic rings. The van der Waals surface area contributed by atoms with Gasteiger partial charge in [0.05, 0.1) is 19.2 Å². The number of carbonyl (C=O) groups is 1. The molecule has 8 nitrogen and oxygen atoms in total. The average molecular weight is 399 g/mol. The van der Waals surface area contributed by atoms with Gasteiger partial charge in [0.1, 0.15) is 12.7 Å². The molecule has 2 aromatic rings. The number of hydrogen-bond donors (Lipinski definition) is 1. The molecule has 1 N–H and O–H groups in total. The lowest BCUT2D eigenvalue weighted by molar-refractivity contribution is -0.160. The Hall–Kier alpha value is -2.32. The first-order valence-corrected chi connectivity index (χ1v) is 10.6. The number of carbonyl (C=O) groups excluding carboxylic acids is 1. The highest BCUT2D eigenvalue weighted by Crippen LogP contribution is 2.44. The number of pyridine rings is 1. The van der Waals surface area contributed by atoms with E-state index in [0.717, 1.165) is 49.9 Å². The minimum Gasteiger partial charge on any atom is -0.394 e. The van der Waals surface area contributed by atoms with Gasteiger partial charge in [0.15, 0.2) is 11.6 Å². The Balaban J connectivity index is 1.70. The van der Waals surface area contributed by atoms with E-state index in [4.69, 9.17) is 9.72 Å². The average Bonchev–Trinajstić information content (AvgIpc) is 3.50. The van der Waals surface area contributed by atoms with E-state index in [2.05, 4.69) is 17.0 Å². The Morgan fingerprint density at radius 3 is 2.86 bits per heavy atom. The number of rotatable bonds is 9. The van der Waals surface area contributed by atoms with Crippen LogP contribution in [-0.2, 0) is 22.5 Å². The van der Waals surface area contributed by atoms with Crippen LogP contribution in [0.2, 0.25) is 0 Å². The van der Waals surface area contributed by atoms with Gasteiger partial charge in [0.25, 0.3) is 0 Å². The normalized spacial score (nSPS) is 22.3. The first-order valence-electron chi connectivity index (χ1n) is 10.6. The van der Waals surface area contributed by atoms with Gasteiger partial charge in [-0.25, -0.2) is 9.67 Å². The zero-order valence-corrected chi connectivity index (χ0v) is 16.9. The van der Waals surface area contributed by atoms with E-state index in [0.29, 0.717) is 12.4 Å². The number of morpholine rings is 1. The third-order valence-corrected chi connectivity index (χ3v) is 5.54. The largest absolute Gasteiger partial charge is 0.394 e. The number of aliphatic hydroxyl groups is 1. The van der Waals surface area contributed by atoms with Gasteiger partial charge in [-0.05, 0) is 30.9 Å². The molecule has 1 amide bonds. The molecular weight excluding hydrogens is 370 g/mol. The second-order valence-corrected chi connectivity index (χ2v) is 7.79. The number of aryl methyl sites for hydroxylation is 1. The van der Waals surface area contributed by atoms with Gasteiger partial charge in [-0.15, -0.1) is 0 Å². The van der Waals surface area contributed by atoms with Crippen LogP contribution >= 0.6 is 0 Å². The smallest absolute Gasteiger partial charge is 0.249 e. The maximum Gasteiger partial charge on any atom is 0.249 e. The predicted octanol–water partition coefficient (Wildman–Crippen LogP) is 2.20. The van der Waals surface area contributed by atoms with E-state index >= 15 is 0 Å². The first-order chi connectivity index (χ1) is 14.2. The molecule has 0 aromatic carbocycles. The van der Waals surface area contributed by atoms with Gasteiger partial charge in [-0.3, -0.25) is 9.78 Å². The zero-order chi connectivity index (χ0) is 20.2. The Kier molecular flexibility index (Phi) is 6.20. The highest BCUT2D eigenvalue weighted by Gasteiger charge is 2.47. The summed E-state index contributed by atoms with van der Waals surface area (Å²) >= 11 is 0. The quantitative estimate of drug-likeness (QED) is 0.650. The fraction of sp³-hybridized carbons (Fsp3) is 0.619. The van der Waals surface area contributed by atoms with Crippen LogP contribution in [0.4, 0.5) is 0 Å². The molecule has 0 bridgehead atoms.